The third-order valence-electron chi connectivity index (χ3n) is 23.1. The van der Waals surface area contributed by atoms with E-state index in [-0.39, 0.29) is 77.3 Å². The highest BCUT2D eigenvalue weighted by molar-refractivity contribution is 8.14. The molecule has 0 bridgehead atoms. The fraction of sp³-hybridized carbons (Fsp3) is 0.521. The van der Waals surface area contributed by atoms with Gasteiger partial charge in [-0.1, -0.05) is 81.4 Å². The summed E-state index contributed by atoms with van der Waals surface area (Å²) in [5.74, 6) is -7.13. The number of fused-ring (bicyclic) bond motifs is 10. The van der Waals surface area contributed by atoms with E-state index in [1.807, 2.05) is 4.18 Å². The maximum absolute atomic E-state index is 17.4. The third kappa shape index (κ3) is 13.1. The molecule has 5 unspecified atom stereocenters. The number of hydrogen-bond donors (Lipinski definition) is 3. The number of rotatable bonds is 11. The van der Waals surface area contributed by atoms with Crippen LogP contribution in [0.3, 0.4) is 0 Å². The molecule has 2 N–H and O–H groups in total. The van der Waals surface area contributed by atoms with Crippen LogP contribution in [0.4, 0.5) is 30.7 Å². The molecular weight excluding hydrogens is 1440 g/mol. The van der Waals surface area contributed by atoms with Crippen LogP contribution < -0.4 is 0 Å². The Hall–Kier alpha value is -5.49. The second-order valence-electron chi connectivity index (χ2n) is 27.9. The zero-order valence-corrected chi connectivity index (χ0v) is 60.9. The Morgan fingerprint density at radius 3 is 1.52 bits per heavy atom. The third-order valence-corrected chi connectivity index (χ3v) is 27.5. The molecular formula is C71H77Cl2F7O16S4. The molecule has 2 aromatic carbocycles. The first kappa shape index (κ1) is 78.6. The van der Waals surface area contributed by atoms with Crippen molar-refractivity contribution in [1.29, 1.82) is 0 Å². The first-order chi connectivity index (χ1) is 46.5. The number of benzene rings is 2. The number of esters is 2. The smallest absolute Gasteiger partial charge is 0.536 e. The van der Waals surface area contributed by atoms with Gasteiger partial charge in [0.25, 0.3) is 0 Å². The van der Waals surface area contributed by atoms with E-state index in [0.717, 1.165) is 23.9 Å². The number of ether oxygens (including phenoxy) is 2. The lowest BCUT2D eigenvalue weighted by molar-refractivity contribution is -0.275. The second-order valence-corrected chi connectivity index (χ2v) is 33.3. The number of aliphatic hydroxyl groups is 2. The minimum atomic E-state index is -5.66. The minimum Gasteiger partial charge on any atom is -0.725 e. The summed E-state index contributed by atoms with van der Waals surface area (Å²) in [4.78, 5) is 79.7. The van der Waals surface area contributed by atoms with Gasteiger partial charge in [-0.25, -0.2) is 35.6 Å². The standard InChI is InChI=1S/C27H29ClF2O6S.C26H28F2O6S.C17H20ClS.CHF3O4S/c1-14-9-16-17-11-19(29)18-10-15(31)6-7-24(18,2)26(17,30)21(32)12-25(16,3)27(14,23(34)37-13-28)36-22(33)20-5-4-8-35-20;1-13-9-15-16-11-18(27)17-10-14(29)6-7-23(17,2)25(16,28)20(30)12-24(15,3)26(13,22(32)35)34-21(31)19-5-4-8-33-19;1-12-10-17(15(4)14(3)13(12)2)19(11-18)16-8-6-5-7-9-16;2-1(3,4)8-9(5,6)7/h4-8,10,14,16-17,19,21,32H,9,11-13H2,1-3H3;4-8,10,13,15-16,18,20,30H,9,11-12H2,1-3H3,(H,32,35);5-10H,11H2,1-4H3;(H,5,6,7)/q;;+1;/p-1/t14-,16?,17?,19-,21+,24+,25+,26-,27+;13-,15?,16?,18-,20+,23+,24+,25-,26+;;/m11../s1. The van der Waals surface area contributed by atoms with Gasteiger partial charge < -0.3 is 33.1 Å². The topological polar surface area (TPSA) is 254 Å². The van der Waals surface area contributed by atoms with Gasteiger partial charge >= 0.3 is 18.3 Å². The Morgan fingerprint density at radius 2 is 1.13 bits per heavy atom. The molecule has 2 heterocycles. The summed E-state index contributed by atoms with van der Waals surface area (Å²) in [6, 6.07) is 18.7. The number of halogens is 9. The summed E-state index contributed by atoms with van der Waals surface area (Å²) in [6.45, 7) is 18.7. The lowest BCUT2D eigenvalue weighted by Crippen LogP contribution is -2.70. The number of furan rings is 2. The van der Waals surface area contributed by atoms with Gasteiger partial charge in [-0.2, -0.15) is 4.18 Å². The highest BCUT2D eigenvalue weighted by Gasteiger charge is 2.80. The van der Waals surface area contributed by atoms with Crippen molar-refractivity contribution in [3.63, 3.8) is 0 Å². The van der Waals surface area contributed by atoms with E-state index in [9.17, 15) is 52.2 Å². The number of aryl methyl sites for hydroxylation is 1. The number of alkyl halides is 9. The second kappa shape index (κ2) is 28.5. The number of hydrogen-bond acceptors (Lipinski definition) is 17. The summed E-state index contributed by atoms with van der Waals surface area (Å²) >= 11 is 17.1. The number of thiol groups is 1. The van der Waals surface area contributed by atoms with Crippen LogP contribution in [-0.2, 0) is 54.1 Å². The normalized spacial score (nSPS) is 36.3. The van der Waals surface area contributed by atoms with E-state index in [1.165, 1.54) is 107 Å². The van der Waals surface area contributed by atoms with Crippen molar-refractivity contribution < 1.29 is 105 Å². The molecule has 2 aromatic heterocycles. The molecule has 8 aliphatic carbocycles. The van der Waals surface area contributed by atoms with Crippen molar-refractivity contribution in [2.75, 3.05) is 10.4 Å². The van der Waals surface area contributed by atoms with E-state index >= 15 is 17.6 Å². The van der Waals surface area contributed by atoms with Crippen LogP contribution in [0.15, 0.2) is 139 Å². The van der Waals surface area contributed by atoms with Gasteiger partial charge in [0.05, 0.1) is 40.8 Å². The average Bonchev–Trinajstić information content (AvgIpc) is 1.37. The van der Waals surface area contributed by atoms with Gasteiger partial charge in [-0.15, -0.1) is 37.4 Å². The molecule has 12 rings (SSSR count). The summed E-state index contributed by atoms with van der Waals surface area (Å²) in [5, 5.41) is 22.3. The van der Waals surface area contributed by atoms with Gasteiger partial charge in [0.2, 0.25) is 32.2 Å². The molecule has 0 radical (unpaired) electrons. The quantitative estimate of drug-likeness (QED) is 0.0240. The molecule has 100 heavy (non-hydrogen) atoms. The van der Waals surface area contributed by atoms with Crippen molar-refractivity contribution in [3.05, 3.63) is 155 Å². The molecule has 544 valence electrons. The molecule has 0 amide bonds. The minimum absolute atomic E-state index is 0.0248. The van der Waals surface area contributed by atoms with Crippen molar-refractivity contribution >= 4 is 103 Å². The molecule has 19 atom stereocenters. The molecule has 0 spiro atoms. The number of thioether (sulfide) groups is 1. The molecule has 4 aromatic rings. The molecule has 6 saturated carbocycles. The number of ketones is 2. The Bertz CT molecular complexity index is 4080. The summed E-state index contributed by atoms with van der Waals surface area (Å²) in [5.41, 5.74) is -8.07. The number of allylic oxidation sites excluding steroid dienone is 8. The zero-order chi connectivity index (χ0) is 74.2. The van der Waals surface area contributed by atoms with Crippen molar-refractivity contribution in [3.8, 4) is 0 Å². The van der Waals surface area contributed by atoms with Gasteiger partial charge in [0, 0.05) is 50.9 Å². The van der Waals surface area contributed by atoms with Crippen molar-refractivity contribution in [1.82, 2.24) is 0 Å². The first-order valence-electron chi connectivity index (χ1n) is 32.0. The Labute approximate surface area is 597 Å². The van der Waals surface area contributed by atoms with Crippen LogP contribution in [0.2, 0.25) is 0 Å². The van der Waals surface area contributed by atoms with Crippen LogP contribution in [0.1, 0.15) is 123 Å². The lowest BCUT2D eigenvalue weighted by Gasteiger charge is -2.63. The number of carbonyl (C=O) groups excluding carboxylic acids is 6. The van der Waals surface area contributed by atoms with Crippen LogP contribution in [0.25, 0.3) is 0 Å². The van der Waals surface area contributed by atoms with Crippen LogP contribution in [0.5, 0.6) is 0 Å². The van der Waals surface area contributed by atoms with Crippen molar-refractivity contribution in [2.45, 2.75) is 171 Å². The van der Waals surface area contributed by atoms with Gasteiger partial charge in [0.15, 0.2) is 49.1 Å². The van der Waals surface area contributed by atoms with Crippen LogP contribution in [0, 0.1) is 84.9 Å². The summed E-state index contributed by atoms with van der Waals surface area (Å²) in [6.07, 6.45) is -2.24. The fourth-order valence-corrected chi connectivity index (χ4v) is 22.6. The van der Waals surface area contributed by atoms with E-state index in [4.69, 9.17) is 54.5 Å². The maximum Gasteiger partial charge on any atom is 0.536 e. The average molecular weight is 1520 g/mol. The zero-order valence-electron chi connectivity index (χ0n) is 56.0. The van der Waals surface area contributed by atoms with E-state index < -0.39 is 155 Å². The molecule has 0 saturated heterocycles. The highest BCUT2D eigenvalue weighted by atomic mass is 35.5. The predicted molar refractivity (Wildman–Crippen MR) is 361 cm³/mol. The number of aliphatic hydroxyl groups excluding tert-OH is 2. The lowest BCUT2D eigenvalue weighted by atomic mass is 9.44. The summed E-state index contributed by atoms with van der Waals surface area (Å²) < 4.78 is 150. The van der Waals surface area contributed by atoms with Crippen LogP contribution >= 0.6 is 47.6 Å². The SMILES string of the molecule is C[C@@H]1CC2C3C[C@@H](F)C4=CC(=O)C=C[C@]4(C)[C@]3(F)[C@@H](O)C[C@]2(C)[C@@]1(OC(=O)c1ccco1)C(=O)S.C[C@@H]1CC2C3C[C@@H](F)C4=CC(=O)C=C[C@]4(C)[C@]3(F)[C@@H](O)C[C@]2(C)[C@@]1(OC(=O)c1ccco1)C(=O)SCCl.Cc1cc([S+](CCl)c2ccccc2)c(C)c(C)c1C.O=S(=O)([O-])OC(F)(F)F. The maximum atomic E-state index is 17.4. The number of carbonyl (C=O) groups is 6. The monoisotopic (exact) mass is 1520 g/mol. The largest absolute Gasteiger partial charge is 0.725 e. The Kier molecular flexibility index (Phi) is 22.4. The predicted octanol–water partition coefficient (Wildman–Crippen LogP) is 14.5. The van der Waals surface area contributed by atoms with Crippen LogP contribution in [-0.4, -0.2) is 121 Å². The molecule has 8 aliphatic rings. The first-order valence-corrected chi connectivity index (χ1v) is 37.2. The van der Waals surface area contributed by atoms with E-state index in [1.54, 1.807) is 27.7 Å². The van der Waals surface area contributed by atoms with Gasteiger partial charge in [0.1, 0.15) is 12.3 Å². The fourth-order valence-electron chi connectivity index (χ4n) is 18.2. The molecule has 16 nitrogen and oxygen atoms in total. The summed E-state index contributed by atoms with van der Waals surface area (Å²) in [7, 11) is -5.69. The van der Waals surface area contributed by atoms with E-state index in [2.05, 4.69) is 76.7 Å². The molecule has 6 fully saturated rings. The molecule has 29 heteroatoms. The highest BCUT2D eigenvalue weighted by Crippen LogP contribution is 2.74. The Balaban J connectivity index is 0.000000171. The Morgan fingerprint density at radius 1 is 0.690 bits per heavy atom. The van der Waals surface area contributed by atoms with Crippen molar-refractivity contribution in [2.24, 2.45) is 57.2 Å². The van der Waals surface area contributed by atoms with Gasteiger partial charge in [-0.3, -0.25) is 19.2 Å². The van der Waals surface area contributed by atoms with Gasteiger partial charge in [-0.05, 0) is 187 Å². The molecule has 0 aliphatic heterocycles. The van der Waals surface area contributed by atoms with E-state index in [0.29, 0.717) is 5.21 Å².